The van der Waals surface area contributed by atoms with Gasteiger partial charge in [-0.2, -0.15) is 10.5 Å². The maximum atomic E-state index is 10.3. The molecular formula is C64H76N2Si2. The van der Waals surface area contributed by atoms with Gasteiger partial charge >= 0.3 is 0 Å². The first-order valence-electron chi connectivity index (χ1n) is 28.4. The molecule has 0 aliphatic heterocycles. The Bertz CT molecular complexity index is 2570. The van der Waals surface area contributed by atoms with Crippen molar-refractivity contribution in [1.82, 2.24) is 0 Å². The molecule has 68 heavy (non-hydrogen) atoms. The van der Waals surface area contributed by atoms with Crippen LogP contribution in [0.2, 0.25) is 33.2 Å². The van der Waals surface area contributed by atoms with Crippen molar-refractivity contribution < 1.29 is 0 Å². The van der Waals surface area contributed by atoms with Crippen molar-refractivity contribution in [3.8, 4) is 35.1 Å². The second-order valence-electron chi connectivity index (χ2n) is 23.2. The molecule has 0 unspecified atom stereocenters. The minimum absolute atomic E-state index is 0.459. The Hall–Kier alpha value is -4.33. The minimum atomic E-state index is -2.16. The third-order valence-electron chi connectivity index (χ3n) is 19.8. The van der Waals surface area contributed by atoms with Crippen LogP contribution in [0.5, 0.6) is 0 Å². The Kier molecular flexibility index (Phi) is 13.9. The van der Waals surface area contributed by atoms with E-state index in [2.05, 4.69) is 83.6 Å². The molecule has 4 heteroatoms. The highest BCUT2D eigenvalue weighted by Crippen LogP contribution is 2.58. The van der Waals surface area contributed by atoms with Gasteiger partial charge in [0.2, 0.25) is 0 Å². The lowest BCUT2D eigenvalue weighted by Crippen LogP contribution is -2.50. The Morgan fingerprint density at radius 3 is 0.824 bits per heavy atom. The number of benzene rings is 5. The molecule has 0 radical (unpaired) electrons. The van der Waals surface area contributed by atoms with Crippen LogP contribution in [-0.4, -0.2) is 16.1 Å². The van der Waals surface area contributed by atoms with Crippen molar-refractivity contribution in [2.45, 2.75) is 226 Å². The Labute approximate surface area is 411 Å². The molecule has 6 aliphatic rings. The van der Waals surface area contributed by atoms with Gasteiger partial charge in [0.05, 0.1) is 11.1 Å². The van der Waals surface area contributed by atoms with Crippen LogP contribution in [0.25, 0.3) is 43.1 Å². The zero-order valence-corrected chi connectivity index (χ0v) is 43.3. The van der Waals surface area contributed by atoms with Crippen molar-refractivity contribution in [3.63, 3.8) is 0 Å². The maximum Gasteiger partial charge on any atom is 0.148 e. The number of hydrogen-bond acceptors (Lipinski definition) is 2. The summed E-state index contributed by atoms with van der Waals surface area (Å²) in [5.41, 5.74) is 17.4. The molecule has 0 N–H and O–H groups in total. The SMILES string of the molecule is N#Cc1cc2cc3c(C#C[Si](C4CCCCC4)(C4CCCCC4)C4CCCCC4)c4cc5ccccc5cc4c(C#C[Si](C4CCCCC4)(C4CCCCC4)C4CCCCC4)c3cc2cc1C#N. The predicted molar refractivity (Wildman–Crippen MR) is 292 cm³/mol. The lowest BCUT2D eigenvalue weighted by Gasteiger charge is -2.50. The van der Waals surface area contributed by atoms with Crippen molar-refractivity contribution in [1.29, 1.82) is 10.5 Å². The van der Waals surface area contributed by atoms with Crippen LogP contribution in [0.1, 0.15) is 215 Å². The molecule has 6 aliphatic carbocycles. The normalized spacial score (nSPS) is 21.5. The predicted octanol–water partition coefficient (Wildman–Crippen LogP) is 18.7. The molecule has 0 saturated heterocycles. The smallest absolute Gasteiger partial charge is 0.148 e. The second kappa shape index (κ2) is 20.6. The second-order valence-corrected chi connectivity index (χ2v) is 32.4. The molecule has 0 spiro atoms. The summed E-state index contributed by atoms with van der Waals surface area (Å²) in [5, 5.41) is 30.3. The quantitative estimate of drug-likeness (QED) is 0.0968. The zero-order chi connectivity index (χ0) is 45.9. The topological polar surface area (TPSA) is 47.6 Å². The van der Waals surface area contributed by atoms with Crippen molar-refractivity contribution in [3.05, 3.63) is 82.9 Å². The summed E-state index contributed by atoms with van der Waals surface area (Å²) in [6.45, 7) is 0. The molecule has 11 rings (SSSR count). The van der Waals surface area contributed by atoms with Gasteiger partial charge in [-0.25, -0.2) is 0 Å². The molecule has 6 saturated carbocycles. The molecule has 0 heterocycles. The lowest BCUT2D eigenvalue weighted by molar-refractivity contribution is 0.421. The van der Waals surface area contributed by atoms with Crippen LogP contribution in [0.15, 0.2) is 60.7 Å². The van der Waals surface area contributed by atoms with Gasteiger partial charge in [0.25, 0.3) is 0 Å². The van der Waals surface area contributed by atoms with Crippen molar-refractivity contribution >= 4 is 59.2 Å². The highest BCUT2D eigenvalue weighted by atomic mass is 28.3. The molecule has 0 bridgehead atoms. The fourth-order valence-electron chi connectivity index (χ4n) is 16.6. The van der Waals surface area contributed by atoms with Crippen LogP contribution in [0.4, 0.5) is 0 Å². The van der Waals surface area contributed by atoms with E-state index in [-0.39, 0.29) is 0 Å². The molecule has 0 aromatic heterocycles. The molecule has 5 aromatic carbocycles. The van der Waals surface area contributed by atoms with E-state index < -0.39 is 16.1 Å². The van der Waals surface area contributed by atoms with E-state index in [1.165, 1.54) is 236 Å². The van der Waals surface area contributed by atoms with Crippen LogP contribution in [0, 0.1) is 45.6 Å². The fraction of sp³-hybridized carbons (Fsp3) is 0.562. The number of hydrogen-bond donors (Lipinski definition) is 0. The summed E-state index contributed by atoms with van der Waals surface area (Å²) in [6.07, 6.45) is 41.7. The highest BCUT2D eigenvalue weighted by molar-refractivity contribution is 6.91. The van der Waals surface area contributed by atoms with E-state index in [9.17, 15) is 10.5 Å². The molecule has 0 amide bonds. The average molecular weight is 929 g/mol. The largest absolute Gasteiger partial charge is 0.192 e. The zero-order valence-electron chi connectivity index (χ0n) is 41.3. The van der Waals surface area contributed by atoms with Gasteiger partial charge in [-0.3, -0.25) is 0 Å². The maximum absolute atomic E-state index is 10.3. The molecule has 2 nitrogen and oxygen atoms in total. The molecule has 350 valence electrons. The monoisotopic (exact) mass is 929 g/mol. The third-order valence-corrected chi connectivity index (χ3v) is 32.5. The summed E-state index contributed by atoms with van der Waals surface area (Å²) in [7, 11) is -4.32. The van der Waals surface area contributed by atoms with E-state index in [1.807, 2.05) is 12.1 Å². The summed E-state index contributed by atoms with van der Waals surface area (Å²) in [5.74, 6) is 8.71. The van der Waals surface area contributed by atoms with Crippen molar-refractivity contribution in [2.24, 2.45) is 0 Å². The van der Waals surface area contributed by atoms with Crippen molar-refractivity contribution in [2.75, 3.05) is 0 Å². The number of fused-ring (bicyclic) bond motifs is 4. The highest BCUT2D eigenvalue weighted by Gasteiger charge is 2.54. The van der Waals surface area contributed by atoms with E-state index in [1.54, 1.807) is 0 Å². The van der Waals surface area contributed by atoms with E-state index >= 15 is 0 Å². The Morgan fingerprint density at radius 2 is 0.574 bits per heavy atom. The Balaban J connectivity index is 1.23. The van der Waals surface area contributed by atoms with Gasteiger partial charge in [-0.05, 0) is 113 Å². The first kappa shape index (κ1) is 46.1. The van der Waals surface area contributed by atoms with Crippen LogP contribution >= 0.6 is 0 Å². The molecule has 5 aromatic rings. The first-order chi connectivity index (χ1) is 33.6. The summed E-state index contributed by atoms with van der Waals surface area (Å²) in [4.78, 5) is 0. The standard InChI is InChI=1S/C64H76N2Si2/c65-45-51-39-49-43-63-59(35-37-67(53-23-7-1-8-24-53,54-25-9-2-10-26-54)55-27-11-3-12-28-55)61-41-47-21-19-20-22-48(47)42-62(61)60(64(63)44-50(49)40-52(51)46-66)36-38-68(56-29-13-4-14-30-56,57-31-15-5-16-32-57)58-33-17-6-18-34-58/h19-22,39-44,53-58H,1-18,23-34H2. The van der Waals surface area contributed by atoms with Gasteiger partial charge in [0.15, 0.2) is 0 Å². The van der Waals surface area contributed by atoms with Gasteiger partial charge in [-0.15, -0.1) is 11.1 Å². The average Bonchev–Trinajstić information content (AvgIpc) is 3.42. The first-order valence-corrected chi connectivity index (χ1v) is 32.8. The summed E-state index contributed by atoms with van der Waals surface area (Å²) < 4.78 is 0. The van der Waals surface area contributed by atoms with E-state index in [0.717, 1.165) is 44.0 Å². The summed E-state index contributed by atoms with van der Waals surface area (Å²) in [6, 6.07) is 27.5. The third kappa shape index (κ3) is 8.58. The van der Waals surface area contributed by atoms with Crippen LogP contribution < -0.4 is 0 Å². The van der Waals surface area contributed by atoms with Crippen LogP contribution in [0.3, 0.4) is 0 Å². The molecule has 6 fully saturated rings. The number of nitrogens with zero attached hydrogens (tertiary/aromatic N) is 2. The van der Waals surface area contributed by atoms with E-state index in [0.29, 0.717) is 11.1 Å². The summed E-state index contributed by atoms with van der Waals surface area (Å²) >= 11 is 0. The Morgan fingerprint density at radius 1 is 0.324 bits per heavy atom. The minimum Gasteiger partial charge on any atom is -0.192 e. The number of nitriles is 2. The van der Waals surface area contributed by atoms with Gasteiger partial charge < -0.3 is 0 Å². The van der Waals surface area contributed by atoms with Gasteiger partial charge in [0.1, 0.15) is 28.3 Å². The fourth-order valence-corrected chi connectivity index (χ4v) is 30.7. The van der Waals surface area contributed by atoms with E-state index in [4.69, 9.17) is 0 Å². The van der Waals surface area contributed by atoms with Gasteiger partial charge in [0, 0.05) is 11.1 Å². The lowest BCUT2D eigenvalue weighted by atomic mass is 9.88. The molecule has 0 atom stereocenters. The molecular weight excluding hydrogens is 853 g/mol. The van der Waals surface area contributed by atoms with Gasteiger partial charge in [-0.1, -0.05) is 229 Å². The van der Waals surface area contributed by atoms with Crippen LogP contribution in [-0.2, 0) is 0 Å². The number of rotatable bonds is 6.